The number of methoxy groups -OCH3 is 2. The summed E-state index contributed by atoms with van der Waals surface area (Å²) >= 11 is 0. The van der Waals surface area contributed by atoms with E-state index in [0.717, 1.165) is 0 Å². The van der Waals surface area contributed by atoms with Crippen LogP contribution in [0.25, 0.3) is 5.69 Å². The average Bonchev–Trinajstić information content (AvgIpc) is 3.20. The van der Waals surface area contributed by atoms with Crippen molar-refractivity contribution in [2.24, 2.45) is 12.1 Å². The fraction of sp³-hybridized carbons (Fsp3) is 0.138. The number of carbonyl (C=O) groups excluding carboxylic acids is 3. The lowest BCUT2D eigenvalue weighted by molar-refractivity contribution is -0.136. The van der Waals surface area contributed by atoms with Gasteiger partial charge in [-0.25, -0.2) is 14.9 Å². The van der Waals surface area contributed by atoms with Crippen LogP contribution in [0.1, 0.15) is 21.6 Å². The predicted molar refractivity (Wildman–Crippen MR) is 151 cm³/mol. The predicted octanol–water partition coefficient (Wildman–Crippen LogP) is 2.81. The van der Waals surface area contributed by atoms with Gasteiger partial charge in [-0.05, 0) is 55.0 Å². The highest BCUT2D eigenvalue weighted by atomic mass is 16.6. The SMILES string of the molecule is COc1cc(C=NNC(=O)C(=O)Nc2c(C)n(C)n(-c3ccccc3)c2=O)ccc1OC(=O)c1ccccc1OC. The summed E-state index contributed by atoms with van der Waals surface area (Å²) in [6.07, 6.45) is 1.27. The molecule has 2 amide bonds. The first kappa shape index (κ1) is 28.4. The summed E-state index contributed by atoms with van der Waals surface area (Å²) in [6, 6.07) is 20.1. The first-order valence-electron chi connectivity index (χ1n) is 12.3. The van der Waals surface area contributed by atoms with E-state index in [4.69, 9.17) is 14.2 Å². The van der Waals surface area contributed by atoms with Crippen molar-refractivity contribution in [3.8, 4) is 22.9 Å². The van der Waals surface area contributed by atoms with Gasteiger partial charge in [-0.3, -0.25) is 19.1 Å². The van der Waals surface area contributed by atoms with Gasteiger partial charge in [0, 0.05) is 7.05 Å². The van der Waals surface area contributed by atoms with Crippen molar-refractivity contribution in [3.05, 3.63) is 100.0 Å². The summed E-state index contributed by atoms with van der Waals surface area (Å²) in [5.41, 5.74) is 3.40. The van der Waals surface area contributed by atoms with Gasteiger partial charge in [-0.15, -0.1) is 0 Å². The number of para-hydroxylation sites is 2. The van der Waals surface area contributed by atoms with Crippen LogP contribution in [0.2, 0.25) is 0 Å². The number of esters is 1. The lowest BCUT2D eigenvalue weighted by atomic mass is 10.2. The molecule has 0 unspecified atom stereocenters. The molecule has 0 bridgehead atoms. The van der Waals surface area contributed by atoms with Crippen LogP contribution in [0.5, 0.6) is 17.2 Å². The molecular formula is C29H27N5O7. The van der Waals surface area contributed by atoms with Crippen molar-refractivity contribution in [1.82, 2.24) is 14.8 Å². The Morgan fingerprint density at radius 2 is 1.54 bits per heavy atom. The molecule has 3 aromatic carbocycles. The third kappa shape index (κ3) is 6.17. The number of ether oxygens (including phenoxy) is 3. The maximum Gasteiger partial charge on any atom is 0.347 e. The van der Waals surface area contributed by atoms with Crippen LogP contribution in [0, 0.1) is 6.92 Å². The second-order valence-corrected chi connectivity index (χ2v) is 8.59. The van der Waals surface area contributed by atoms with Crippen LogP contribution in [0.15, 0.2) is 82.7 Å². The number of hydrogen-bond acceptors (Lipinski definition) is 8. The van der Waals surface area contributed by atoms with E-state index in [0.29, 0.717) is 22.7 Å². The number of hydrogen-bond donors (Lipinski definition) is 2. The fourth-order valence-corrected chi connectivity index (χ4v) is 3.92. The van der Waals surface area contributed by atoms with Gasteiger partial charge in [0.15, 0.2) is 11.5 Å². The van der Waals surface area contributed by atoms with Crippen molar-refractivity contribution < 1.29 is 28.6 Å². The van der Waals surface area contributed by atoms with Crippen LogP contribution in [-0.4, -0.2) is 47.6 Å². The molecule has 210 valence electrons. The Morgan fingerprint density at radius 3 is 2.24 bits per heavy atom. The molecule has 1 heterocycles. The highest BCUT2D eigenvalue weighted by Crippen LogP contribution is 2.29. The van der Waals surface area contributed by atoms with E-state index >= 15 is 0 Å². The number of rotatable bonds is 8. The van der Waals surface area contributed by atoms with Gasteiger partial charge in [0.05, 0.1) is 31.8 Å². The topological polar surface area (TPSA) is 142 Å². The van der Waals surface area contributed by atoms with Crippen molar-refractivity contribution in [2.45, 2.75) is 6.92 Å². The second kappa shape index (κ2) is 12.5. The molecule has 12 heteroatoms. The standard InChI is InChI=1S/C29H27N5O7/c1-18-25(28(37)34(33(18)2)20-10-6-5-7-11-20)31-26(35)27(36)32-30-17-19-14-15-23(24(16-19)40-4)41-29(38)21-12-8-9-13-22(21)39-3/h5-17H,1-4H3,(H,31,35)(H,32,36). The number of benzene rings is 3. The highest BCUT2D eigenvalue weighted by molar-refractivity contribution is 6.39. The molecule has 0 aliphatic rings. The van der Waals surface area contributed by atoms with Crippen LogP contribution in [0.3, 0.4) is 0 Å². The van der Waals surface area contributed by atoms with E-state index in [-0.39, 0.29) is 22.7 Å². The van der Waals surface area contributed by atoms with E-state index < -0.39 is 23.3 Å². The Balaban J connectivity index is 1.41. The summed E-state index contributed by atoms with van der Waals surface area (Å²) in [4.78, 5) is 50.4. The minimum atomic E-state index is -1.08. The molecule has 0 saturated carbocycles. The summed E-state index contributed by atoms with van der Waals surface area (Å²) in [6.45, 7) is 1.65. The van der Waals surface area contributed by atoms with Crippen LogP contribution < -0.4 is 30.5 Å². The summed E-state index contributed by atoms with van der Waals surface area (Å²) in [5.74, 6) is -2.03. The zero-order chi connectivity index (χ0) is 29.5. The molecule has 0 saturated heterocycles. The monoisotopic (exact) mass is 557 g/mol. The third-order valence-electron chi connectivity index (χ3n) is 6.10. The molecule has 0 radical (unpaired) electrons. The summed E-state index contributed by atoms with van der Waals surface area (Å²) < 4.78 is 18.9. The number of aromatic nitrogens is 2. The second-order valence-electron chi connectivity index (χ2n) is 8.59. The first-order chi connectivity index (χ1) is 19.7. The Morgan fingerprint density at radius 1 is 0.854 bits per heavy atom. The Kier molecular flexibility index (Phi) is 8.63. The summed E-state index contributed by atoms with van der Waals surface area (Å²) in [7, 11) is 4.52. The number of hydrazone groups is 1. The Labute approximate surface area is 234 Å². The number of amides is 2. The van der Waals surface area contributed by atoms with Gasteiger partial charge in [0.1, 0.15) is 17.0 Å². The maximum absolute atomic E-state index is 13.0. The van der Waals surface area contributed by atoms with Gasteiger partial charge in [-0.2, -0.15) is 5.10 Å². The smallest absolute Gasteiger partial charge is 0.347 e. The lowest BCUT2D eigenvalue weighted by Gasteiger charge is -2.11. The maximum atomic E-state index is 13.0. The van der Waals surface area contributed by atoms with Crippen molar-refractivity contribution in [1.29, 1.82) is 0 Å². The largest absolute Gasteiger partial charge is 0.496 e. The first-order valence-corrected chi connectivity index (χ1v) is 12.3. The number of anilines is 1. The van der Waals surface area contributed by atoms with E-state index in [9.17, 15) is 19.2 Å². The van der Waals surface area contributed by atoms with E-state index in [1.165, 1.54) is 37.2 Å². The van der Waals surface area contributed by atoms with Crippen LogP contribution in [0.4, 0.5) is 5.69 Å². The molecule has 4 aromatic rings. The van der Waals surface area contributed by atoms with Gasteiger partial charge >= 0.3 is 17.8 Å². The minimum absolute atomic E-state index is 0.0246. The average molecular weight is 558 g/mol. The molecular weight excluding hydrogens is 530 g/mol. The van der Waals surface area contributed by atoms with E-state index in [1.54, 1.807) is 73.3 Å². The van der Waals surface area contributed by atoms with Gasteiger partial charge in [-0.1, -0.05) is 30.3 Å². The van der Waals surface area contributed by atoms with Gasteiger partial charge in [0.2, 0.25) is 0 Å². The van der Waals surface area contributed by atoms with Crippen molar-refractivity contribution in [2.75, 3.05) is 19.5 Å². The molecule has 0 spiro atoms. The number of carbonyl (C=O) groups is 3. The Hall–Kier alpha value is -5.65. The molecule has 0 aliphatic heterocycles. The zero-order valence-electron chi connectivity index (χ0n) is 22.7. The molecule has 4 rings (SSSR count). The fourth-order valence-electron chi connectivity index (χ4n) is 3.92. The lowest BCUT2D eigenvalue weighted by Crippen LogP contribution is -2.34. The van der Waals surface area contributed by atoms with Gasteiger partial charge < -0.3 is 19.5 Å². The normalized spacial score (nSPS) is 10.7. The zero-order valence-corrected chi connectivity index (χ0v) is 22.7. The van der Waals surface area contributed by atoms with E-state index in [1.807, 2.05) is 6.07 Å². The quantitative estimate of drug-likeness (QED) is 0.112. The molecule has 41 heavy (non-hydrogen) atoms. The van der Waals surface area contributed by atoms with Crippen molar-refractivity contribution >= 4 is 29.7 Å². The molecule has 1 aromatic heterocycles. The highest BCUT2D eigenvalue weighted by Gasteiger charge is 2.21. The minimum Gasteiger partial charge on any atom is -0.496 e. The van der Waals surface area contributed by atoms with Crippen molar-refractivity contribution in [3.63, 3.8) is 0 Å². The van der Waals surface area contributed by atoms with E-state index in [2.05, 4.69) is 15.8 Å². The number of nitrogens with zero attached hydrogens (tertiary/aromatic N) is 3. The molecule has 0 fully saturated rings. The third-order valence-corrected chi connectivity index (χ3v) is 6.10. The Bertz CT molecular complexity index is 1690. The van der Waals surface area contributed by atoms with Crippen LogP contribution >= 0.6 is 0 Å². The summed E-state index contributed by atoms with van der Waals surface area (Å²) in [5, 5.41) is 6.17. The molecule has 0 aliphatic carbocycles. The molecule has 0 atom stereocenters. The van der Waals surface area contributed by atoms with Crippen LogP contribution in [-0.2, 0) is 16.6 Å². The van der Waals surface area contributed by atoms with Gasteiger partial charge in [0.25, 0.3) is 5.56 Å². The number of nitrogens with one attached hydrogen (secondary N) is 2. The molecule has 12 nitrogen and oxygen atoms in total. The molecule has 2 N–H and O–H groups in total.